The van der Waals surface area contributed by atoms with Gasteiger partial charge in [0.05, 0.1) is 19.3 Å². The summed E-state index contributed by atoms with van der Waals surface area (Å²) < 4.78 is 5.21. The first kappa shape index (κ1) is 15.5. The summed E-state index contributed by atoms with van der Waals surface area (Å²) in [7, 11) is 1.69. The third kappa shape index (κ3) is 3.70. The van der Waals surface area contributed by atoms with Crippen LogP contribution in [0.15, 0.2) is 12.2 Å². The second-order valence-electron chi connectivity index (χ2n) is 4.93. The highest BCUT2D eigenvalue weighted by Crippen LogP contribution is 2.21. The van der Waals surface area contributed by atoms with Gasteiger partial charge >= 0.3 is 12.0 Å². The molecular formula is C13H22N2O4. The molecule has 2 amide bonds. The maximum absolute atomic E-state index is 12.3. The third-order valence-electron chi connectivity index (χ3n) is 3.19. The van der Waals surface area contributed by atoms with Crippen LogP contribution in [-0.2, 0) is 9.53 Å². The molecule has 108 valence electrons. The number of carboxylic acid groups (broad SMARTS) is 1. The predicted octanol–water partition coefficient (Wildman–Crippen LogP) is 1.04. The van der Waals surface area contributed by atoms with E-state index in [1.54, 1.807) is 16.8 Å². The van der Waals surface area contributed by atoms with Gasteiger partial charge in [-0.25, -0.2) is 4.79 Å². The molecule has 1 fully saturated rings. The molecule has 2 atom stereocenters. The minimum absolute atomic E-state index is 0.161. The highest BCUT2D eigenvalue weighted by molar-refractivity contribution is 5.77. The number of hydrogen-bond acceptors (Lipinski definition) is 3. The Morgan fingerprint density at radius 3 is 2.53 bits per heavy atom. The number of urea groups is 1. The van der Waals surface area contributed by atoms with E-state index in [2.05, 4.69) is 6.58 Å². The van der Waals surface area contributed by atoms with Crippen LogP contribution in [0.3, 0.4) is 0 Å². The van der Waals surface area contributed by atoms with Gasteiger partial charge in [-0.05, 0) is 13.8 Å². The van der Waals surface area contributed by atoms with Gasteiger partial charge in [-0.1, -0.05) is 12.2 Å². The Kier molecular flexibility index (Phi) is 5.35. The number of amides is 2. The smallest absolute Gasteiger partial charge is 0.320 e. The summed E-state index contributed by atoms with van der Waals surface area (Å²) in [6.07, 6.45) is 0. The number of likely N-dealkylation sites (N-methyl/N-ethyl adjacent to an activating group) is 2. The Bertz CT molecular complexity index is 370. The third-order valence-corrected chi connectivity index (χ3v) is 3.19. The van der Waals surface area contributed by atoms with Crippen molar-refractivity contribution in [2.24, 2.45) is 5.92 Å². The lowest BCUT2D eigenvalue weighted by molar-refractivity contribution is -0.142. The SMILES string of the molecule is C=C(C)CN(C)C(=O)N(CC)C1COCC1C(=O)O. The van der Waals surface area contributed by atoms with Crippen molar-refractivity contribution in [3.05, 3.63) is 12.2 Å². The molecular weight excluding hydrogens is 248 g/mol. The van der Waals surface area contributed by atoms with Crippen LogP contribution >= 0.6 is 0 Å². The molecule has 0 aliphatic carbocycles. The first-order valence-electron chi connectivity index (χ1n) is 6.35. The lowest BCUT2D eigenvalue weighted by Gasteiger charge is -2.33. The van der Waals surface area contributed by atoms with Gasteiger partial charge < -0.3 is 19.6 Å². The summed E-state index contributed by atoms with van der Waals surface area (Å²) in [4.78, 5) is 26.6. The number of carboxylic acids is 1. The van der Waals surface area contributed by atoms with Gasteiger partial charge in [-0.15, -0.1) is 0 Å². The molecule has 0 aromatic heterocycles. The van der Waals surface area contributed by atoms with Gasteiger partial charge in [0.2, 0.25) is 0 Å². The van der Waals surface area contributed by atoms with Gasteiger partial charge in [-0.3, -0.25) is 4.79 Å². The van der Waals surface area contributed by atoms with Crippen LogP contribution in [0.5, 0.6) is 0 Å². The number of carbonyl (C=O) groups excluding carboxylic acids is 1. The number of aliphatic carboxylic acids is 1. The van der Waals surface area contributed by atoms with E-state index >= 15 is 0 Å². The van der Waals surface area contributed by atoms with Crippen molar-refractivity contribution in [1.29, 1.82) is 0 Å². The Hall–Kier alpha value is -1.56. The van der Waals surface area contributed by atoms with Gasteiger partial charge in [0.15, 0.2) is 0 Å². The van der Waals surface area contributed by atoms with Crippen molar-refractivity contribution in [3.8, 4) is 0 Å². The molecule has 0 radical (unpaired) electrons. The van der Waals surface area contributed by atoms with Crippen molar-refractivity contribution in [3.63, 3.8) is 0 Å². The summed E-state index contributed by atoms with van der Waals surface area (Å²) in [6.45, 7) is 8.81. The summed E-state index contributed by atoms with van der Waals surface area (Å²) in [5, 5.41) is 9.15. The van der Waals surface area contributed by atoms with Crippen molar-refractivity contribution in [1.82, 2.24) is 9.80 Å². The highest BCUT2D eigenvalue weighted by atomic mass is 16.5. The molecule has 1 N–H and O–H groups in total. The van der Waals surface area contributed by atoms with E-state index in [-0.39, 0.29) is 19.2 Å². The Morgan fingerprint density at radius 2 is 2.05 bits per heavy atom. The van der Waals surface area contributed by atoms with Gasteiger partial charge in [0.25, 0.3) is 0 Å². The van der Waals surface area contributed by atoms with Crippen molar-refractivity contribution in [2.45, 2.75) is 19.9 Å². The van der Waals surface area contributed by atoms with E-state index in [9.17, 15) is 9.59 Å². The van der Waals surface area contributed by atoms with Crippen LogP contribution in [0.1, 0.15) is 13.8 Å². The van der Waals surface area contributed by atoms with E-state index in [1.807, 2.05) is 13.8 Å². The molecule has 1 heterocycles. The summed E-state index contributed by atoms with van der Waals surface area (Å²) >= 11 is 0. The molecule has 6 nitrogen and oxygen atoms in total. The second kappa shape index (κ2) is 6.56. The molecule has 0 saturated carbocycles. The van der Waals surface area contributed by atoms with E-state index in [0.29, 0.717) is 13.1 Å². The van der Waals surface area contributed by atoms with E-state index in [0.717, 1.165) is 5.57 Å². The number of ether oxygens (including phenoxy) is 1. The molecule has 0 bridgehead atoms. The number of carbonyl (C=O) groups is 2. The monoisotopic (exact) mass is 270 g/mol. The zero-order valence-electron chi connectivity index (χ0n) is 11.8. The van der Waals surface area contributed by atoms with Crippen LogP contribution in [0.2, 0.25) is 0 Å². The summed E-state index contributed by atoms with van der Waals surface area (Å²) in [5.41, 5.74) is 0.879. The highest BCUT2D eigenvalue weighted by Gasteiger charge is 2.40. The molecule has 0 aromatic rings. The predicted molar refractivity (Wildman–Crippen MR) is 71.0 cm³/mol. The van der Waals surface area contributed by atoms with Crippen molar-refractivity contribution < 1.29 is 19.4 Å². The quantitative estimate of drug-likeness (QED) is 0.758. The Labute approximate surface area is 113 Å². The zero-order valence-corrected chi connectivity index (χ0v) is 11.8. The second-order valence-corrected chi connectivity index (χ2v) is 4.93. The molecule has 19 heavy (non-hydrogen) atoms. The minimum Gasteiger partial charge on any atom is -0.481 e. The maximum Gasteiger partial charge on any atom is 0.320 e. The molecule has 2 unspecified atom stereocenters. The molecule has 1 rings (SSSR count). The molecule has 1 saturated heterocycles. The van der Waals surface area contributed by atoms with Crippen molar-refractivity contribution in [2.75, 3.05) is 33.4 Å². The normalized spacial score (nSPS) is 22.1. The first-order chi connectivity index (χ1) is 8.88. The lowest BCUT2D eigenvalue weighted by atomic mass is 10.0. The number of rotatable bonds is 5. The molecule has 1 aliphatic heterocycles. The molecule has 0 aromatic carbocycles. The maximum atomic E-state index is 12.3. The average molecular weight is 270 g/mol. The van der Waals surface area contributed by atoms with E-state index in [1.165, 1.54) is 0 Å². The Balaban J connectivity index is 2.79. The van der Waals surface area contributed by atoms with Gasteiger partial charge in [0, 0.05) is 20.1 Å². The standard InChI is InChI=1S/C13H22N2O4/c1-5-15(13(18)14(4)6-9(2)3)11-8-19-7-10(11)12(16)17/h10-11H,2,5-8H2,1,3-4H3,(H,16,17). The topological polar surface area (TPSA) is 70.1 Å². The van der Waals surface area contributed by atoms with Crippen molar-refractivity contribution >= 4 is 12.0 Å². The largest absolute Gasteiger partial charge is 0.481 e. The van der Waals surface area contributed by atoms with Gasteiger partial charge in [0.1, 0.15) is 5.92 Å². The summed E-state index contributed by atoms with van der Waals surface area (Å²) in [5.74, 6) is -1.57. The fraction of sp³-hybridized carbons (Fsp3) is 0.692. The van der Waals surface area contributed by atoms with Crippen LogP contribution in [0.25, 0.3) is 0 Å². The minimum atomic E-state index is -0.920. The number of hydrogen-bond donors (Lipinski definition) is 1. The zero-order chi connectivity index (χ0) is 14.6. The van der Waals surface area contributed by atoms with Crippen LogP contribution < -0.4 is 0 Å². The molecule has 6 heteroatoms. The van der Waals surface area contributed by atoms with Gasteiger partial charge in [-0.2, -0.15) is 0 Å². The van der Waals surface area contributed by atoms with E-state index in [4.69, 9.17) is 9.84 Å². The fourth-order valence-corrected chi connectivity index (χ4v) is 2.29. The first-order valence-corrected chi connectivity index (χ1v) is 6.35. The van der Waals surface area contributed by atoms with E-state index < -0.39 is 17.9 Å². The summed E-state index contributed by atoms with van der Waals surface area (Å²) in [6, 6.07) is -0.588. The number of nitrogens with zero attached hydrogens (tertiary/aromatic N) is 2. The Morgan fingerprint density at radius 1 is 1.42 bits per heavy atom. The lowest BCUT2D eigenvalue weighted by Crippen LogP contribution is -2.51. The van der Waals surface area contributed by atoms with Crippen LogP contribution in [0, 0.1) is 5.92 Å². The molecule has 1 aliphatic rings. The average Bonchev–Trinajstić information content (AvgIpc) is 2.78. The molecule has 0 spiro atoms. The van der Waals surface area contributed by atoms with Crippen LogP contribution in [0.4, 0.5) is 4.79 Å². The fourth-order valence-electron chi connectivity index (χ4n) is 2.29. The van der Waals surface area contributed by atoms with Crippen LogP contribution in [-0.4, -0.2) is 66.3 Å².